The molecule has 11 nitrogen and oxygen atoms in total. The van der Waals surface area contributed by atoms with Crippen LogP contribution in [0.5, 0.6) is 5.75 Å². The highest BCUT2D eigenvalue weighted by Crippen LogP contribution is 2.40. The Labute approximate surface area is 270 Å². The zero-order valence-electron chi connectivity index (χ0n) is 25.1. The van der Waals surface area contributed by atoms with Crippen LogP contribution in [0.4, 0.5) is 42.5 Å². The van der Waals surface area contributed by atoms with E-state index in [0.717, 1.165) is 30.3 Å². The molecule has 1 aliphatic rings. The van der Waals surface area contributed by atoms with Gasteiger partial charge in [-0.05, 0) is 75.4 Å². The normalized spacial score (nSPS) is 15.6. The maximum absolute atomic E-state index is 13.8. The van der Waals surface area contributed by atoms with Gasteiger partial charge in [0.15, 0.2) is 0 Å². The van der Waals surface area contributed by atoms with Gasteiger partial charge in [0.2, 0.25) is 5.91 Å². The van der Waals surface area contributed by atoms with Crippen molar-refractivity contribution < 1.29 is 62.2 Å². The molecule has 0 bridgehead atoms. The molecule has 260 valence electrons. The molecule has 48 heavy (non-hydrogen) atoms. The van der Waals surface area contributed by atoms with Crippen LogP contribution in [0.25, 0.3) is 0 Å². The number of carbonyl (C=O) groups excluding carboxylic acids is 2. The second-order valence-electron chi connectivity index (χ2n) is 11.4. The molecule has 1 atom stereocenters. The van der Waals surface area contributed by atoms with Gasteiger partial charge in [0.05, 0.1) is 39.6 Å². The lowest BCUT2D eigenvalue weighted by atomic mass is 10.1. The topological polar surface area (TPSA) is 148 Å². The quantitative estimate of drug-likeness (QED) is 0.286. The molecule has 19 heteroatoms. The number of hydrogen-bond donors (Lipinski definition) is 2. The Morgan fingerprint density at radius 3 is 1.98 bits per heavy atom. The van der Waals surface area contributed by atoms with Gasteiger partial charge in [-0.2, -0.15) is 26.3 Å². The number of nitrogens with one attached hydrogen (secondary N) is 2. The summed E-state index contributed by atoms with van der Waals surface area (Å²) in [5.74, 6) is -1.51. The lowest BCUT2D eigenvalue weighted by Crippen LogP contribution is -2.46. The first-order valence-corrected chi connectivity index (χ1v) is 16.6. The molecule has 2 N–H and O–H groups in total. The van der Waals surface area contributed by atoms with Crippen LogP contribution in [-0.2, 0) is 41.9 Å². The van der Waals surface area contributed by atoms with E-state index in [4.69, 9.17) is 9.47 Å². The van der Waals surface area contributed by atoms with Gasteiger partial charge in [-0.15, -0.1) is 0 Å². The minimum atomic E-state index is -4.90. The van der Waals surface area contributed by atoms with Crippen molar-refractivity contribution in [3.8, 4) is 5.75 Å². The lowest BCUT2D eigenvalue weighted by molar-refractivity contribution is -0.138. The molecule has 0 unspecified atom stereocenters. The number of amides is 2. The van der Waals surface area contributed by atoms with E-state index < -0.39 is 90.0 Å². The summed E-state index contributed by atoms with van der Waals surface area (Å²) < 4.78 is 146. The van der Waals surface area contributed by atoms with Crippen LogP contribution in [0.3, 0.4) is 0 Å². The van der Waals surface area contributed by atoms with Gasteiger partial charge in [0, 0.05) is 5.69 Å². The molecule has 0 aliphatic carbocycles. The van der Waals surface area contributed by atoms with Crippen LogP contribution in [0.15, 0.2) is 76.5 Å². The molecule has 1 aliphatic heterocycles. The van der Waals surface area contributed by atoms with E-state index in [1.165, 1.54) is 12.1 Å². The minimum absolute atomic E-state index is 0.000726. The largest absolute Gasteiger partial charge is 0.486 e. The summed E-state index contributed by atoms with van der Waals surface area (Å²) in [6.45, 7) is 4.05. The van der Waals surface area contributed by atoms with Crippen LogP contribution in [0, 0.1) is 0 Å². The van der Waals surface area contributed by atoms with Gasteiger partial charge in [-0.3, -0.25) is 14.4 Å². The Hall–Kier alpha value is -4.52. The molecule has 0 radical (unpaired) electrons. The maximum atomic E-state index is 13.8. The summed E-state index contributed by atoms with van der Waals surface area (Å²) in [5.41, 5.74) is -3.72. The van der Waals surface area contributed by atoms with Crippen molar-refractivity contribution in [2.75, 3.05) is 16.2 Å². The Morgan fingerprint density at radius 2 is 1.42 bits per heavy atom. The number of alkyl halides is 6. The number of anilines is 2. The van der Waals surface area contributed by atoms with Gasteiger partial charge >= 0.3 is 18.4 Å². The first-order chi connectivity index (χ1) is 22.0. The highest BCUT2D eigenvalue weighted by molar-refractivity contribution is 7.92. The van der Waals surface area contributed by atoms with Crippen LogP contribution >= 0.6 is 0 Å². The molecular weight excluding hydrogens is 696 g/mol. The Balaban J connectivity index is 1.66. The molecular formula is C29H27F6N3O8S2. The average molecular weight is 724 g/mol. The van der Waals surface area contributed by atoms with E-state index >= 15 is 0 Å². The van der Waals surface area contributed by atoms with E-state index in [9.17, 15) is 52.8 Å². The van der Waals surface area contributed by atoms with Crippen molar-refractivity contribution in [1.82, 2.24) is 4.72 Å². The average Bonchev–Trinajstić information content (AvgIpc) is 2.95. The number of hydrogen-bond acceptors (Lipinski definition) is 8. The zero-order valence-corrected chi connectivity index (χ0v) is 26.8. The van der Waals surface area contributed by atoms with Gasteiger partial charge in [-0.1, -0.05) is 12.1 Å². The third kappa shape index (κ3) is 8.68. The van der Waals surface area contributed by atoms with Gasteiger partial charge in [-0.25, -0.2) is 26.4 Å². The van der Waals surface area contributed by atoms with E-state index in [-0.39, 0.29) is 17.1 Å². The fourth-order valence-electron chi connectivity index (χ4n) is 4.40. The highest BCUT2D eigenvalue weighted by Gasteiger charge is 2.38. The van der Waals surface area contributed by atoms with Gasteiger partial charge < -0.3 is 9.47 Å². The first kappa shape index (κ1) is 36.3. The fraction of sp³-hybridized carbons (Fsp3) is 0.310. The van der Waals surface area contributed by atoms with Crippen LogP contribution in [0.2, 0.25) is 0 Å². The lowest BCUT2D eigenvalue weighted by Gasteiger charge is -2.35. The van der Waals surface area contributed by atoms with E-state index in [2.05, 4.69) is 5.32 Å². The SMILES string of the molecule is CC(C)(C)OC(=O)Nc1ccc2c(c1)N(S(=O)(=O)c1cccc(C(F)(F)F)c1)C[C@H](CC(=O)NS(=O)(=O)c1cccc(C(F)(F)F)c1)O2. The van der Waals surface area contributed by atoms with E-state index in [1.807, 2.05) is 0 Å². The molecule has 0 saturated carbocycles. The number of halogens is 6. The number of sulfonamides is 2. The van der Waals surface area contributed by atoms with Crippen LogP contribution in [-0.4, -0.2) is 47.1 Å². The fourth-order valence-corrected chi connectivity index (χ4v) is 6.99. The molecule has 4 rings (SSSR count). The van der Waals surface area contributed by atoms with Gasteiger partial charge in [0.1, 0.15) is 17.5 Å². The van der Waals surface area contributed by atoms with Crippen molar-refractivity contribution in [2.45, 2.75) is 61.0 Å². The minimum Gasteiger partial charge on any atom is -0.486 e. The van der Waals surface area contributed by atoms with Crippen molar-refractivity contribution in [3.05, 3.63) is 77.9 Å². The summed E-state index contributed by atoms with van der Waals surface area (Å²) in [5, 5.41) is 2.40. The molecule has 0 spiro atoms. The molecule has 2 amide bonds. The number of rotatable bonds is 7. The number of ether oxygens (including phenoxy) is 2. The summed E-state index contributed by atoms with van der Waals surface area (Å²) in [6, 6.07) is 9.04. The predicted molar refractivity (Wildman–Crippen MR) is 158 cm³/mol. The van der Waals surface area contributed by atoms with Crippen molar-refractivity contribution in [2.24, 2.45) is 0 Å². The Kier molecular flexibility index (Phi) is 9.71. The highest BCUT2D eigenvalue weighted by atomic mass is 32.2. The Bertz CT molecular complexity index is 1940. The third-order valence-corrected chi connectivity index (χ3v) is 9.56. The summed E-state index contributed by atoms with van der Waals surface area (Å²) >= 11 is 0. The van der Waals surface area contributed by atoms with Crippen LogP contribution in [0.1, 0.15) is 38.3 Å². The summed E-state index contributed by atoms with van der Waals surface area (Å²) in [7, 11) is -9.68. The number of nitrogens with zero attached hydrogens (tertiary/aromatic N) is 1. The van der Waals surface area contributed by atoms with Crippen molar-refractivity contribution in [1.29, 1.82) is 0 Å². The number of fused-ring (bicyclic) bond motifs is 1. The standard InChI is InChI=1S/C29H27F6N3O8S2/c1-27(2,3)46-26(40)36-19-10-11-24-23(14-19)38(48(43,44)22-9-5-7-18(13-22)29(33,34)35)16-20(45-24)15-25(39)37-47(41,42)21-8-4-6-17(12-21)28(30,31)32/h4-14,20H,15-16H2,1-3H3,(H,36,40)(H,37,39)/t20-/m0/s1. The number of carbonyl (C=O) groups is 2. The predicted octanol–water partition coefficient (Wildman–Crippen LogP) is 5.92. The zero-order chi connectivity index (χ0) is 35.9. The van der Waals surface area contributed by atoms with E-state index in [0.29, 0.717) is 28.6 Å². The molecule has 3 aromatic rings. The second kappa shape index (κ2) is 12.8. The first-order valence-electron chi connectivity index (χ1n) is 13.7. The second-order valence-corrected chi connectivity index (χ2v) is 14.9. The molecule has 3 aromatic carbocycles. The molecule has 0 fully saturated rings. The summed E-state index contributed by atoms with van der Waals surface area (Å²) in [4.78, 5) is 23.5. The summed E-state index contributed by atoms with van der Waals surface area (Å²) in [6.07, 6.45) is -13.0. The molecule has 0 saturated heterocycles. The number of benzene rings is 3. The van der Waals surface area contributed by atoms with E-state index in [1.54, 1.807) is 25.5 Å². The van der Waals surface area contributed by atoms with Gasteiger partial charge in [0.25, 0.3) is 20.0 Å². The monoisotopic (exact) mass is 723 g/mol. The Morgan fingerprint density at radius 1 is 0.854 bits per heavy atom. The smallest absolute Gasteiger partial charge is 0.416 e. The van der Waals surface area contributed by atoms with Crippen molar-refractivity contribution in [3.63, 3.8) is 0 Å². The van der Waals surface area contributed by atoms with Crippen LogP contribution < -0.4 is 19.1 Å². The maximum Gasteiger partial charge on any atom is 0.416 e. The van der Waals surface area contributed by atoms with Crippen molar-refractivity contribution >= 4 is 43.4 Å². The third-order valence-electron chi connectivity index (χ3n) is 6.42. The molecule has 0 aromatic heterocycles. The molecule has 1 heterocycles.